The second-order valence-electron chi connectivity index (χ2n) is 4.32. The zero-order valence-electron chi connectivity index (χ0n) is 9.61. The Kier molecular flexibility index (Phi) is 3.36. The van der Waals surface area contributed by atoms with Crippen molar-refractivity contribution in [3.05, 3.63) is 29.8 Å². The Morgan fingerprint density at radius 2 is 2.12 bits per heavy atom. The largest absolute Gasteiger partial charge is 0.256 e. The van der Waals surface area contributed by atoms with Gasteiger partial charge in [0.2, 0.25) is 0 Å². The van der Waals surface area contributed by atoms with Crippen molar-refractivity contribution in [2.75, 3.05) is 0 Å². The summed E-state index contributed by atoms with van der Waals surface area (Å²) in [5.41, 5.74) is 3.26. The van der Waals surface area contributed by atoms with E-state index < -0.39 is 0 Å². The second kappa shape index (κ2) is 4.94. The van der Waals surface area contributed by atoms with E-state index in [0.29, 0.717) is 0 Å². The van der Waals surface area contributed by atoms with Gasteiger partial charge in [0.15, 0.2) is 0 Å². The van der Waals surface area contributed by atoms with Crippen LogP contribution in [0.15, 0.2) is 29.3 Å². The molecule has 0 bridgehead atoms. The van der Waals surface area contributed by atoms with Gasteiger partial charge in [-0.05, 0) is 37.8 Å². The monoisotopic (exact) mass is 212 g/mol. The summed E-state index contributed by atoms with van der Waals surface area (Å²) in [6.45, 7) is 2.06. The Bertz CT molecular complexity index is 440. The summed E-state index contributed by atoms with van der Waals surface area (Å²) in [5.74, 6) is 0.0355. The van der Waals surface area contributed by atoms with Gasteiger partial charge in [0.1, 0.15) is 0 Å². The van der Waals surface area contributed by atoms with Crippen molar-refractivity contribution in [3.8, 4) is 6.07 Å². The molecule has 2 rings (SSSR count). The van der Waals surface area contributed by atoms with Crippen LogP contribution in [0.1, 0.15) is 31.2 Å². The molecule has 1 aliphatic carbocycles. The molecule has 1 atom stereocenters. The van der Waals surface area contributed by atoms with Crippen LogP contribution in [-0.4, -0.2) is 5.71 Å². The number of nitrogens with zero attached hydrogens (tertiary/aromatic N) is 2. The minimum Gasteiger partial charge on any atom is -0.256 e. The number of aryl methyl sites for hydroxylation is 1. The van der Waals surface area contributed by atoms with Crippen LogP contribution in [0.25, 0.3) is 0 Å². The minimum atomic E-state index is 0.0355. The number of hydrogen-bond acceptors (Lipinski definition) is 2. The van der Waals surface area contributed by atoms with Crippen LogP contribution < -0.4 is 0 Å². The molecule has 0 spiro atoms. The molecule has 1 aromatic carbocycles. The van der Waals surface area contributed by atoms with E-state index in [1.807, 2.05) is 18.2 Å². The van der Waals surface area contributed by atoms with E-state index in [1.54, 1.807) is 0 Å². The summed E-state index contributed by atoms with van der Waals surface area (Å²) in [7, 11) is 0. The second-order valence-corrected chi connectivity index (χ2v) is 4.32. The van der Waals surface area contributed by atoms with Crippen molar-refractivity contribution < 1.29 is 0 Å². The average molecular weight is 212 g/mol. The van der Waals surface area contributed by atoms with Crippen LogP contribution in [0.3, 0.4) is 0 Å². The third-order valence-corrected chi connectivity index (χ3v) is 3.11. The van der Waals surface area contributed by atoms with Crippen molar-refractivity contribution in [1.29, 1.82) is 5.26 Å². The lowest BCUT2D eigenvalue weighted by atomic mass is 9.88. The normalized spacial score (nSPS) is 23.0. The third kappa shape index (κ3) is 2.30. The summed E-state index contributed by atoms with van der Waals surface area (Å²) < 4.78 is 0. The van der Waals surface area contributed by atoms with Gasteiger partial charge in [0.05, 0.1) is 17.7 Å². The van der Waals surface area contributed by atoms with Gasteiger partial charge < -0.3 is 0 Å². The highest BCUT2D eigenvalue weighted by atomic mass is 14.8. The fourth-order valence-corrected chi connectivity index (χ4v) is 2.11. The molecule has 1 fully saturated rings. The molecule has 0 amide bonds. The van der Waals surface area contributed by atoms with E-state index in [9.17, 15) is 0 Å². The molecular weight excluding hydrogens is 196 g/mol. The maximum atomic E-state index is 9.08. The standard InChI is InChI=1S/C14H16N2/c1-11-6-2-4-8-13(11)16-14-9-5-3-7-12(14)10-15/h2,4,6,8,12H,3,5,7,9H2,1H3. The van der Waals surface area contributed by atoms with E-state index in [0.717, 1.165) is 30.7 Å². The molecule has 1 unspecified atom stereocenters. The zero-order valence-corrected chi connectivity index (χ0v) is 9.61. The third-order valence-electron chi connectivity index (χ3n) is 3.11. The van der Waals surface area contributed by atoms with Crippen molar-refractivity contribution in [1.82, 2.24) is 0 Å². The van der Waals surface area contributed by atoms with Crippen LogP contribution in [0.2, 0.25) is 0 Å². The van der Waals surface area contributed by atoms with Crippen molar-refractivity contribution in [3.63, 3.8) is 0 Å². The summed E-state index contributed by atoms with van der Waals surface area (Å²) in [5, 5.41) is 9.08. The van der Waals surface area contributed by atoms with Gasteiger partial charge in [-0.3, -0.25) is 4.99 Å². The molecule has 82 valence electrons. The molecule has 0 N–H and O–H groups in total. The van der Waals surface area contributed by atoms with Gasteiger partial charge in [-0.2, -0.15) is 5.26 Å². The average Bonchev–Trinajstić information content (AvgIpc) is 2.33. The fraction of sp³-hybridized carbons (Fsp3) is 0.429. The van der Waals surface area contributed by atoms with Crippen LogP contribution >= 0.6 is 0 Å². The summed E-state index contributed by atoms with van der Waals surface area (Å²) in [4.78, 5) is 4.66. The predicted molar refractivity (Wildman–Crippen MR) is 65.8 cm³/mol. The first kappa shape index (κ1) is 10.9. The maximum absolute atomic E-state index is 9.08. The Morgan fingerprint density at radius 3 is 2.88 bits per heavy atom. The van der Waals surface area contributed by atoms with E-state index in [4.69, 9.17) is 5.26 Å². The number of hydrogen-bond donors (Lipinski definition) is 0. The molecule has 1 aliphatic rings. The molecule has 0 saturated heterocycles. The SMILES string of the molecule is Cc1ccccc1N=C1CCCCC1C#N. The lowest BCUT2D eigenvalue weighted by molar-refractivity contribution is 0.601. The van der Waals surface area contributed by atoms with Gasteiger partial charge in [-0.1, -0.05) is 24.6 Å². The summed E-state index contributed by atoms with van der Waals surface area (Å²) >= 11 is 0. The lowest BCUT2D eigenvalue weighted by Crippen LogP contribution is -2.17. The molecule has 16 heavy (non-hydrogen) atoms. The Balaban J connectivity index is 2.29. The molecule has 0 aromatic heterocycles. The first-order chi connectivity index (χ1) is 7.81. The molecular formula is C14H16N2. The van der Waals surface area contributed by atoms with Crippen LogP contribution in [0.5, 0.6) is 0 Å². The predicted octanol–water partition coefficient (Wildman–Crippen LogP) is 3.78. The van der Waals surface area contributed by atoms with Crippen LogP contribution in [0.4, 0.5) is 5.69 Å². The lowest BCUT2D eigenvalue weighted by Gasteiger charge is -2.18. The highest BCUT2D eigenvalue weighted by molar-refractivity contribution is 5.91. The Labute approximate surface area is 96.6 Å². The van der Waals surface area contributed by atoms with E-state index in [-0.39, 0.29) is 5.92 Å². The molecule has 0 radical (unpaired) electrons. The quantitative estimate of drug-likeness (QED) is 0.697. The van der Waals surface area contributed by atoms with Gasteiger partial charge in [0, 0.05) is 5.71 Å². The van der Waals surface area contributed by atoms with E-state index >= 15 is 0 Å². The first-order valence-corrected chi connectivity index (χ1v) is 5.84. The van der Waals surface area contributed by atoms with Gasteiger partial charge in [-0.15, -0.1) is 0 Å². The van der Waals surface area contributed by atoms with Crippen LogP contribution in [0, 0.1) is 24.2 Å². The molecule has 0 heterocycles. The smallest absolute Gasteiger partial charge is 0.0845 e. The van der Waals surface area contributed by atoms with Gasteiger partial charge >= 0.3 is 0 Å². The maximum Gasteiger partial charge on any atom is 0.0845 e. The topological polar surface area (TPSA) is 36.1 Å². The summed E-state index contributed by atoms with van der Waals surface area (Å²) in [6, 6.07) is 10.5. The molecule has 2 nitrogen and oxygen atoms in total. The Morgan fingerprint density at radius 1 is 1.31 bits per heavy atom. The highest BCUT2D eigenvalue weighted by Gasteiger charge is 2.19. The first-order valence-electron chi connectivity index (χ1n) is 5.84. The minimum absolute atomic E-state index is 0.0355. The van der Waals surface area contributed by atoms with Crippen molar-refractivity contribution >= 4 is 11.4 Å². The number of para-hydroxylation sites is 1. The fourth-order valence-electron chi connectivity index (χ4n) is 2.11. The summed E-state index contributed by atoms with van der Waals surface area (Å²) in [6.07, 6.45) is 4.28. The molecule has 1 saturated carbocycles. The van der Waals surface area contributed by atoms with Gasteiger partial charge in [0.25, 0.3) is 0 Å². The van der Waals surface area contributed by atoms with E-state index in [1.165, 1.54) is 12.0 Å². The number of nitriles is 1. The van der Waals surface area contributed by atoms with Crippen molar-refractivity contribution in [2.24, 2.45) is 10.9 Å². The van der Waals surface area contributed by atoms with Gasteiger partial charge in [-0.25, -0.2) is 0 Å². The molecule has 2 heteroatoms. The highest BCUT2D eigenvalue weighted by Crippen LogP contribution is 2.25. The van der Waals surface area contributed by atoms with E-state index in [2.05, 4.69) is 24.1 Å². The molecule has 1 aromatic rings. The Hall–Kier alpha value is -1.62. The van der Waals surface area contributed by atoms with Crippen LogP contribution in [-0.2, 0) is 0 Å². The van der Waals surface area contributed by atoms with Crippen molar-refractivity contribution in [2.45, 2.75) is 32.6 Å². The number of benzene rings is 1. The number of rotatable bonds is 1. The molecule has 0 aliphatic heterocycles. The zero-order chi connectivity index (χ0) is 11.4. The number of aliphatic imine (C=N–C) groups is 1.